The molecule has 6 nitrogen and oxygen atoms in total. The normalized spacial score (nSPS) is 18.0. The fourth-order valence-corrected chi connectivity index (χ4v) is 4.63. The van der Waals surface area contributed by atoms with Crippen molar-refractivity contribution in [1.29, 1.82) is 0 Å². The third-order valence-corrected chi connectivity index (χ3v) is 6.39. The molecule has 0 saturated carbocycles. The van der Waals surface area contributed by atoms with Crippen molar-refractivity contribution in [2.45, 2.75) is 6.54 Å². The molecule has 2 aliphatic heterocycles. The topological polar surface area (TPSA) is 54.4 Å². The van der Waals surface area contributed by atoms with Gasteiger partial charge in [-0.25, -0.2) is 0 Å². The van der Waals surface area contributed by atoms with Gasteiger partial charge in [0.15, 0.2) is 16.7 Å². The van der Waals surface area contributed by atoms with Crippen molar-refractivity contribution in [3.05, 3.63) is 77.2 Å². The van der Waals surface area contributed by atoms with Gasteiger partial charge in [-0.05, 0) is 41.1 Å². The van der Waals surface area contributed by atoms with Crippen LogP contribution in [0.2, 0.25) is 0 Å². The van der Waals surface area contributed by atoms with Gasteiger partial charge < -0.3 is 14.4 Å². The number of nitrogens with zero attached hydrogens (tertiary/aromatic N) is 3. The SMILES string of the molecule is C=CCOc1ccc(/C=C2/SC(N3CCN(Cc4ccccc4)CC3)=NC2=O)cc1OC. The number of hydrogen-bond acceptors (Lipinski definition) is 6. The summed E-state index contributed by atoms with van der Waals surface area (Å²) in [6, 6.07) is 16.1. The molecule has 0 aromatic heterocycles. The molecule has 2 aromatic carbocycles. The van der Waals surface area contributed by atoms with Gasteiger partial charge in [-0.1, -0.05) is 49.1 Å². The highest BCUT2D eigenvalue weighted by Gasteiger charge is 2.28. The first-order valence-corrected chi connectivity index (χ1v) is 11.4. The summed E-state index contributed by atoms with van der Waals surface area (Å²) >= 11 is 1.44. The molecule has 2 heterocycles. The molecule has 0 unspecified atom stereocenters. The Balaban J connectivity index is 1.36. The van der Waals surface area contributed by atoms with Crippen molar-refractivity contribution in [2.75, 3.05) is 39.9 Å². The number of ether oxygens (including phenoxy) is 2. The van der Waals surface area contributed by atoms with E-state index in [9.17, 15) is 4.79 Å². The van der Waals surface area contributed by atoms with Gasteiger partial charge in [-0.3, -0.25) is 9.69 Å². The fraction of sp³-hybridized carbons (Fsp3) is 0.280. The van der Waals surface area contributed by atoms with Gasteiger partial charge in [-0.2, -0.15) is 4.99 Å². The minimum atomic E-state index is -0.192. The van der Waals surface area contributed by atoms with E-state index in [1.54, 1.807) is 13.2 Å². The van der Waals surface area contributed by atoms with E-state index in [1.165, 1.54) is 17.3 Å². The number of carbonyl (C=O) groups excluding carboxylic acids is 1. The highest BCUT2D eigenvalue weighted by molar-refractivity contribution is 8.18. The molecule has 7 heteroatoms. The molecule has 2 aromatic rings. The number of methoxy groups -OCH3 is 1. The van der Waals surface area contributed by atoms with Crippen LogP contribution in [0, 0.1) is 0 Å². The average molecular weight is 450 g/mol. The summed E-state index contributed by atoms with van der Waals surface area (Å²) in [4.78, 5) is 22.1. The molecule has 0 bridgehead atoms. The first-order valence-electron chi connectivity index (χ1n) is 10.6. The summed E-state index contributed by atoms with van der Waals surface area (Å²) in [5.74, 6) is 1.07. The van der Waals surface area contributed by atoms with Crippen LogP contribution in [0.5, 0.6) is 11.5 Å². The zero-order valence-electron chi connectivity index (χ0n) is 18.2. The van der Waals surface area contributed by atoms with Crippen molar-refractivity contribution < 1.29 is 14.3 Å². The van der Waals surface area contributed by atoms with E-state index in [0.29, 0.717) is 23.0 Å². The Labute approximate surface area is 193 Å². The molecule has 1 amide bonds. The van der Waals surface area contributed by atoms with Gasteiger partial charge in [0, 0.05) is 32.7 Å². The number of aliphatic imine (C=N–C) groups is 1. The molecule has 32 heavy (non-hydrogen) atoms. The number of thioether (sulfide) groups is 1. The molecule has 1 saturated heterocycles. The minimum Gasteiger partial charge on any atom is -0.493 e. The van der Waals surface area contributed by atoms with Crippen molar-refractivity contribution >= 4 is 28.9 Å². The van der Waals surface area contributed by atoms with E-state index >= 15 is 0 Å². The van der Waals surface area contributed by atoms with Gasteiger partial charge in [0.2, 0.25) is 0 Å². The number of rotatable bonds is 7. The number of benzene rings is 2. The van der Waals surface area contributed by atoms with Crippen LogP contribution in [0.15, 0.2) is 71.1 Å². The Morgan fingerprint density at radius 2 is 1.88 bits per heavy atom. The number of piperazine rings is 1. The third kappa shape index (κ3) is 5.41. The van der Waals surface area contributed by atoms with Gasteiger partial charge in [0.25, 0.3) is 5.91 Å². The van der Waals surface area contributed by atoms with Gasteiger partial charge in [0.05, 0.1) is 12.0 Å². The quantitative estimate of drug-likeness (QED) is 0.470. The maximum absolute atomic E-state index is 12.5. The monoisotopic (exact) mass is 449 g/mol. The zero-order valence-corrected chi connectivity index (χ0v) is 19.0. The van der Waals surface area contributed by atoms with Gasteiger partial charge >= 0.3 is 0 Å². The third-order valence-electron chi connectivity index (χ3n) is 5.34. The average Bonchev–Trinajstić information content (AvgIpc) is 3.19. The Bertz CT molecular complexity index is 1030. The van der Waals surface area contributed by atoms with E-state index in [4.69, 9.17) is 9.47 Å². The second kappa shape index (κ2) is 10.5. The summed E-state index contributed by atoms with van der Waals surface area (Å²) < 4.78 is 11.0. The van der Waals surface area contributed by atoms with Crippen LogP contribution in [0.3, 0.4) is 0 Å². The summed E-state index contributed by atoms with van der Waals surface area (Å²) in [5, 5.41) is 0.790. The molecule has 0 atom stereocenters. The Morgan fingerprint density at radius 3 is 2.59 bits per heavy atom. The minimum absolute atomic E-state index is 0.192. The smallest absolute Gasteiger partial charge is 0.286 e. The molecule has 0 N–H and O–H groups in total. The van der Waals surface area contributed by atoms with Crippen molar-refractivity contribution in [2.24, 2.45) is 4.99 Å². The van der Waals surface area contributed by atoms with Crippen LogP contribution in [0.1, 0.15) is 11.1 Å². The number of carbonyl (C=O) groups is 1. The van der Waals surface area contributed by atoms with Crippen LogP contribution >= 0.6 is 11.8 Å². The van der Waals surface area contributed by atoms with Crippen LogP contribution in [-0.2, 0) is 11.3 Å². The summed E-state index contributed by atoms with van der Waals surface area (Å²) in [7, 11) is 1.60. The first kappa shape index (κ1) is 22.2. The van der Waals surface area contributed by atoms with Crippen molar-refractivity contribution in [3.63, 3.8) is 0 Å². The van der Waals surface area contributed by atoms with Crippen LogP contribution < -0.4 is 9.47 Å². The second-order valence-electron chi connectivity index (χ2n) is 7.57. The van der Waals surface area contributed by atoms with Crippen LogP contribution in [0.4, 0.5) is 0 Å². The number of amides is 1. The van der Waals surface area contributed by atoms with E-state index < -0.39 is 0 Å². The predicted molar refractivity (Wildman–Crippen MR) is 130 cm³/mol. The van der Waals surface area contributed by atoms with Crippen LogP contribution in [-0.4, -0.2) is 60.8 Å². The summed E-state index contributed by atoms with van der Waals surface area (Å²) in [6.45, 7) is 8.64. The van der Waals surface area contributed by atoms with E-state index in [1.807, 2.05) is 30.3 Å². The Kier molecular flexibility index (Phi) is 7.29. The molecular weight excluding hydrogens is 422 g/mol. The maximum atomic E-state index is 12.5. The fourth-order valence-electron chi connectivity index (χ4n) is 3.67. The molecule has 0 aliphatic carbocycles. The summed E-state index contributed by atoms with van der Waals surface area (Å²) in [5.41, 5.74) is 2.19. The molecule has 4 rings (SSSR count). The van der Waals surface area contributed by atoms with E-state index in [0.717, 1.165) is 43.5 Å². The highest BCUT2D eigenvalue weighted by Crippen LogP contribution is 2.33. The van der Waals surface area contributed by atoms with Gasteiger partial charge in [-0.15, -0.1) is 0 Å². The highest BCUT2D eigenvalue weighted by atomic mass is 32.2. The lowest BCUT2D eigenvalue weighted by Gasteiger charge is -2.35. The molecular formula is C25H27N3O3S. The zero-order chi connectivity index (χ0) is 22.3. The molecule has 0 spiro atoms. The predicted octanol–water partition coefficient (Wildman–Crippen LogP) is 4.05. The van der Waals surface area contributed by atoms with E-state index in [2.05, 4.69) is 45.6 Å². The molecule has 166 valence electrons. The Morgan fingerprint density at radius 1 is 1.09 bits per heavy atom. The maximum Gasteiger partial charge on any atom is 0.286 e. The summed E-state index contributed by atoms with van der Waals surface area (Å²) in [6.07, 6.45) is 3.54. The lowest BCUT2D eigenvalue weighted by atomic mass is 10.2. The first-order chi connectivity index (χ1) is 15.7. The lowest BCUT2D eigenvalue weighted by molar-refractivity contribution is -0.113. The number of amidine groups is 1. The van der Waals surface area contributed by atoms with Gasteiger partial charge in [0.1, 0.15) is 6.61 Å². The van der Waals surface area contributed by atoms with Crippen molar-refractivity contribution in [3.8, 4) is 11.5 Å². The van der Waals surface area contributed by atoms with Crippen LogP contribution in [0.25, 0.3) is 6.08 Å². The molecule has 2 aliphatic rings. The largest absolute Gasteiger partial charge is 0.493 e. The van der Waals surface area contributed by atoms with Crippen molar-refractivity contribution in [1.82, 2.24) is 9.80 Å². The molecule has 1 fully saturated rings. The molecule has 0 radical (unpaired) electrons. The standard InChI is InChI=1S/C25H27N3O3S/c1-3-15-31-21-10-9-20(16-22(21)30-2)17-23-24(29)26-25(32-23)28-13-11-27(12-14-28)18-19-7-5-4-6-8-19/h3-10,16-17H,1,11-15,18H2,2H3/b23-17+. The number of hydrogen-bond donors (Lipinski definition) is 0. The van der Waals surface area contributed by atoms with E-state index in [-0.39, 0.29) is 5.91 Å². The Hall–Kier alpha value is -3.03. The lowest BCUT2D eigenvalue weighted by Crippen LogP contribution is -2.47. The second-order valence-corrected chi connectivity index (χ2v) is 8.58.